The molecule has 3 heterocycles. The van der Waals surface area contributed by atoms with Gasteiger partial charge in [-0.1, -0.05) is 11.6 Å². The van der Waals surface area contributed by atoms with Crippen LogP contribution in [0.1, 0.15) is 25.7 Å². The fourth-order valence-electron chi connectivity index (χ4n) is 4.46. The van der Waals surface area contributed by atoms with Crippen LogP contribution in [0.25, 0.3) is 0 Å². The molecule has 30 heavy (non-hydrogen) atoms. The first-order valence-electron chi connectivity index (χ1n) is 10.5. The number of ether oxygens (including phenoxy) is 1. The summed E-state index contributed by atoms with van der Waals surface area (Å²) in [5.41, 5.74) is 0.701. The number of halogens is 1. The highest BCUT2D eigenvalue weighted by Crippen LogP contribution is 2.25. The van der Waals surface area contributed by atoms with Gasteiger partial charge in [-0.25, -0.2) is 9.59 Å². The zero-order valence-electron chi connectivity index (χ0n) is 16.9. The fourth-order valence-corrected chi connectivity index (χ4v) is 4.58. The summed E-state index contributed by atoms with van der Waals surface area (Å²) in [6.07, 6.45) is 2.70. The first-order valence-corrected chi connectivity index (χ1v) is 10.9. The number of rotatable bonds is 3. The first-order chi connectivity index (χ1) is 14.5. The van der Waals surface area contributed by atoms with Crippen molar-refractivity contribution in [2.45, 2.75) is 31.7 Å². The molecule has 0 aliphatic carbocycles. The number of hydrogen-bond donors (Lipinski definition) is 1. The van der Waals surface area contributed by atoms with Gasteiger partial charge in [0.15, 0.2) is 0 Å². The third-order valence-corrected chi connectivity index (χ3v) is 6.49. The Balaban J connectivity index is 1.22. The summed E-state index contributed by atoms with van der Waals surface area (Å²) in [5, 5.41) is 3.49. The van der Waals surface area contributed by atoms with Crippen LogP contribution in [0.2, 0.25) is 5.02 Å². The van der Waals surface area contributed by atoms with E-state index < -0.39 is 0 Å². The van der Waals surface area contributed by atoms with Gasteiger partial charge in [-0.05, 0) is 49.9 Å². The van der Waals surface area contributed by atoms with E-state index in [9.17, 15) is 14.4 Å². The Morgan fingerprint density at radius 1 is 0.933 bits per heavy atom. The molecule has 0 aromatic heterocycles. The van der Waals surface area contributed by atoms with Crippen LogP contribution in [0, 0.1) is 5.92 Å². The molecule has 3 aliphatic heterocycles. The summed E-state index contributed by atoms with van der Waals surface area (Å²) in [6.45, 7) is 3.57. The maximum atomic E-state index is 12.9. The van der Waals surface area contributed by atoms with Crippen LogP contribution in [0.5, 0.6) is 0 Å². The number of benzene rings is 1. The third-order valence-electron chi connectivity index (χ3n) is 6.24. The molecule has 0 spiro atoms. The quantitative estimate of drug-likeness (QED) is 0.792. The standard InChI is InChI=1S/C21H27ClN4O4/c22-16-1-3-17(4-2-16)23-20(28)25-9-5-15(6-10-25)19(27)24-11-7-18(8-12-24)26-13-14-30-21(26)29/h1-4,15,18H,5-14H2,(H,23,28). The van der Waals surface area contributed by atoms with Crippen molar-refractivity contribution in [1.29, 1.82) is 0 Å². The molecular weight excluding hydrogens is 408 g/mol. The number of piperidine rings is 2. The number of carbonyl (C=O) groups excluding carboxylic acids is 3. The third kappa shape index (κ3) is 4.64. The van der Waals surface area contributed by atoms with Gasteiger partial charge in [0.25, 0.3) is 0 Å². The molecule has 0 saturated carbocycles. The molecule has 8 nitrogen and oxygen atoms in total. The molecule has 4 amide bonds. The maximum absolute atomic E-state index is 12.9. The van der Waals surface area contributed by atoms with Crippen molar-refractivity contribution in [3.63, 3.8) is 0 Å². The van der Waals surface area contributed by atoms with Crippen LogP contribution in [0.15, 0.2) is 24.3 Å². The average molecular weight is 435 g/mol. The van der Waals surface area contributed by atoms with E-state index in [-0.39, 0.29) is 30.0 Å². The minimum Gasteiger partial charge on any atom is -0.448 e. The van der Waals surface area contributed by atoms with Crippen LogP contribution in [-0.2, 0) is 9.53 Å². The molecule has 0 atom stereocenters. The van der Waals surface area contributed by atoms with E-state index in [1.807, 2.05) is 4.90 Å². The van der Waals surface area contributed by atoms with Crippen molar-refractivity contribution in [2.75, 3.05) is 44.6 Å². The minimum absolute atomic E-state index is 0.0436. The number of nitrogens with zero attached hydrogens (tertiary/aromatic N) is 3. The predicted molar refractivity (Wildman–Crippen MR) is 112 cm³/mol. The number of carbonyl (C=O) groups is 3. The fraction of sp³-hybridized carbons (Fsp3) is 0.571. The summed E-state index contributed by atoms with van der Waals surface area (Å²) in [5.74, 6) is 0.132. The van der Waals surface area contributed by atoms with Gasteiger partial charge in [0.2, 0.25) is 5.91 Å². The van der Waals surface area contributed by atoms with Crippen LogP contribution < -0.4 is 5.32 Å². The molecule has 4 rings (SSSR count). The summed E-state index contributed by atoms with van der Waals surface area (Å²) in [4.78, 5) is 42.6. The monoisotopic (exact) mass is 434 g/mol. The first kappa shape index (κ1) is 20.8. The second-order valence-corrected chi connectivity index (χ2v) is 8.50. The average Bonchev–Trinajstić information content (AvgIpc) is 3.21. The smallest absolute Gasteiger partial charge is 0.410 e. The van der Waals surface area contributed by atoms with E-state index in [4.69, 9.17) is 16.3 Å². The molecule has 1 aromatic rings. The number of anilines is 1. The lowest BCUT2D eigenvalue weighted by Crippen LogP contribution is -2.50. The highest BCUT2D eigenvalue weighted by molar-refractivity contribution is 6.30. The Hall–Kier alpha value is -2.48. The maximum Gasteiger partial charge on any atom is 0.410 e. The van der Waals surface area contributed by atoms with Crippen LogP contribution in [0.3, 0.4) is 0 Å². The number of cyclic esters (lactones) is 1. The van der Waals surface area contributed by atoms with Crippen LogP contribution in [0.4, 0.5) is 15.3 Å². The number of urea groups is 1. The van der Waals surface area contributed by atoms with E-state index in [0.29, 0.717) is 62.9 Å². The van der Waals surface area contributed by atoms with Crippen molar-refractivity contribution < 1.29 is 19.1 Å². The van der Waals surface area contributed by atoms with E-state index in [1.165, 1.54) is 0 Å². The summed E-state index contributed by atoms with van der Waals surface area (Å²) in [6, 6.07) is 7.02. The largest absolute Gasteiger partial charge is 0.448 e. The minimum atomic E-state index is -0.232. The summed E-state index contributed by atoms with van der Waals surface area (Å²) < 4.78 is 5.02. The highest BCUT2D eigenvalue weighted by atomic mass is 35.5. The van der Waals surface area contributed by atoms with E-state index in [1.54, 1.807) is 34.1 Å². The second kappa shape index (κ2) is 9.12. The van der Waals surface area contributed by atoms with Crippen LogP contribution >= 0.6 is 11.6 Å². The Bertz CT molecular complexity index is 787. The Morgan fingerprint density at radius 2 is 1.57 bits per heavy atom. The van der Waals surface area contributed by atoms with Crippen molar-refractivity contribution >= 4 is 35.3 Å². The normalized spacial score (nSPS) is 21.0. The molecule has 0 unspecified atom stereocenters. The molecule has 0 bridgehead atoms. The molecule has 0 radical (unpaired) electrons. The van der Waals surface area contributed by atoms with Gasteiger partial charge in [0.1, 0.15) is 6.61 Å². The van der Waals surface area contributed by atoms with Crippen LogP contribution in [-0.4, -0.2) is 78.1 Å². The van der Waals surface area contributed by atoms with Crippen molar-refractivity contribution in [3.8, 4) is 0 Å². The number of likely N-dealkylation sites (tertiary alicyclic amines) is 2. The molecule has 3 aliphatic rings. The number of nitrogens with one attached hydrogen (secondary N) is 1. The molecule has 3 fully saturated rings. The van der Waals surface area contributed by atoms with E-state index in [0.717, 1.165) is 12.8 Å². The van der Waals surface area contributed by atoms with Gasteiger partial charge in [-0.3, -0.25) is 4.79 Å². The molecule has 1 aromatic carbocycles. The van der Waals surface area contributed by atoms with Gasteiger partial charge < -0.3 is 24.8 Å². The highest BCUT2D eigenvalue weighted by Gasteiger charge is 2.36. The Labute approximate surface area is 181 Å². The Kier molecular flexibility index (Phi) is 6.32. The number of hydrogen-bond acceptors (Lipinski definition) is 4. The van der Waals surface area contributed by atoms with Crippen molar-refractivity contribution in [1.82, 2.24) is 14.7 Å². The second-order valence-electron chi connectivity index (χ2n) is 8.06. The molecule has 3 saturated heterocycles. The van der Waals surface area contributed by atoms with Gasteiger partial charge in [0.05, 0.1) is 6.54 Å². The molecule has 1 N–H and O–H groups in total. The van der Waals surface area contributed by atoms with Gasteiger partial charge in [0, 0.05) is 48.8 Å². The van der Waals surface area contributed by atoms with Crippen molar-refractivity contribution in [3.05, 3.63) is 29.3 Å². The topological polar surface area (TPSA) is 82.2 Å². The summed E-state index contributed by atoms with van der Waals surface area (Å²) in [7, 11) is 0. The van der Waals surface area contributed by atoms with Gasteiger partial charge in [-0.2, -0.15) is 0 Å². The van der Waals surface area contributed by atoms with E-state index in [2.05, 4.69) is 5.32 Å². The van der Waals surface area contributed by atoms with E-state index >= 15 is 0 Å². The zero-order chi connectivity index (χ0) is 21.1. The molecular formula is C21H27ClN4O4. The zero-order valence-corrected chi connectivity index (χ0v) is 17.6. The molecule has 9 heteroatoms. The Morgan fingerprint density at radius 3 is 2.17 bits per heavy atom. The van der Waals surface area contributed by atoms with Crippen molar-refractivity contribution in [2.24, 2.45) is 5.92 Å². The predicted octanol–water partition coefficient (Wildman–Crippen LogP) is 3.03. The van der Waals surface area contributed by atoms with Gasteiger partial charge in [-0.15, -0.1) is 0 Å². The summed E-state index contributed by atoms with van der Waals surface area (Å²) >= 11 is 5.87. The lowest BCUT2D eigenvalue weighted by molar-refractivity contribution is -0.138. The lowest BCUT2D eigenvalue weighted by Gasteiger charge is -2.38. The molecule has 162 valence electrons. The SMILES string of the molecule is O=C(Nc1ccc(Cl)cc1)N1CCC(C(=O)N2CCC(N3CCOC3=O)CC2)CC1. The number of amides is 4. The van der Waals surface area contributed by atoms with Gasteiger partial charge >= 0.3 is 12.1 Å². The lowest BCUT2D eigenvalue weighted by atomic mass is 9.93.